The Morgan fingerprint density at radius 1 is 1.39 bits per heavy atom. The molecule has 0 aromatic rings. The molecule has 0 spiro atoms. The molecule has 4 unspecified atom stereocenters. The van der Waals surface area contributed by atoms with Gasteiger partial charge in [0.15, 0.2) is 0 Å². The molecule has 0 N–H and O–H groups in total. The van der Waals surface area contributed by atoms with Crippen LogP contribution < -0.4 is 0 Å². The molecular formula is C16H26O2. The van der Waals surface area contributed by atoms with Gasteiger partial charge in [0.05, 0.1) is 0 Å². The lowest BCUT2D eigenvalue weighted by Gasteiger charge is -2.50. The van der Waals surface area contributed by atoms with Crippen LogP contribution in [0.5, 0.6) is 0 Å². The van der Waals surface area contributed by atoms with Crippen molar-refractivity contribution < 1.29 is 9.53 Å². The van der Waals surface area contributed by atoms with E-state index in [1.165, 1.54) is 25.7 Å². The first kappa shape index (κ1) is 13.6. The van der Waals surface area contributed by atoms with Crippen LogP contribution in [0.3, 0.4) is 0 Å². The van der Waals surface area contributed by atoms with E-state index in [1.54, 1.807) is 6.92 Å². The van der Waals surface area contributed by atoms with Crippen LogP contribution in [0.4, 0.5) is 0 Å². The van der Waals surface area contributed by atoms with E-state index < -0.39 is 0 Å². The minimum absolute atomic E-state index is 0.200. The van der Waals surface area contributed by atoms with E-state index in [2.05, 4.69) is 20.4 Å². The van der Waals surface area contributed by atoms with Gasteiger partial charge in [-0.2, -0.15) is 0 Å². The van der Waals surface area contributed by atoms with Gasteiger partial charge in [-0.05, 0) is 63.2 Å². The van der Waals surface area contributed by atoms with E-state index in [0.717, 1.165) is 24.7 Å². The largest absolute Gasteiger partial charge is 0.455 e. The maximum Gasteiger partial charge on any atom is 0.333 e. The molecule has 2 nitrogen and oxygen atoms in total. The van der Waals surface area contributed by atoms with Crippen molar-refractivity contribution in [1.82, 2.24) is 0 Å². The maximum absolute atomic E-state index is 11.9. The van der Waals surface area contributed by atoms with Crippen LogP contribution >= 0.6 is 0 Å². The van der Waals surface area contributed by atoms with Crippen LogP contribution in [0.1, 0.15) is 59.3 Å². The van der Waals surface area contributed by atoms with Crippen molar-refractivity contribution in [3.05, 3.63) is 12.2 Å². The van der Waals surface area contributed by atoms with Crippen LogP contribution in [-0.4, -0.2) is 11.6 Å². The Morgan fingerprint density at radius 3 is 2.72 bits per heavy atom. The first-order valence-corrected chi connectivity index (χ1v) is 7.35. The molecule has 4 atom stereocenters. The number of carbonyl (C=O) groups excluding carboxylic acids is 1. The van der Waals surface area contributed by atoms with Gasteiger partial charge in [0.1, 0.15) is 5.60 Å². The molecule has 2 aliphatic carbocycles. The normalized spacial score (nSPS) is 39.2. The molecule has 0 amide bonds. The Hall–Kier alpha value is -0.790. The van der Waals surface area contributed by atoms with Crippen LogP contribution in [0.25, 0.3) is 0 Å². The Balaban J connectivity index is 2.15. The molecule has 0 heterocycles. The van der Waals surface area contributed by atoms with Gasteiger partial charge in [0.25, 0.3) is 0 Å². The second kappa shape index (κ2) is 5.07. The fraction of sp³-hybridized carbons (Fsp3) is 0.812. The summed E-state index contributed by atoms with van der Waals surface area (Å²) < 4.78 is 5.89. The number of fused-ring (bicyclic) bond motifs is 2. The smallest absolute Gasteiger partial charge is 0.333 e. The molecule has 2 heteroatoms. The summed E-state index contributed by atoms with van der Waals surface area (Å²) in [4.78, 5) is 11.9. The van der Waals surface area contributed by atoms with E-state index in [1.807, 2.05) is 0 Å². The topological polar surface area (TPSA) is 26.3 Å². The molecule has 2 saturated carbocycles. The van der Waals surface area contributed by atoms with Gasteiger partial charge in [-0.3, -0.25) is 0 Å². The maximum atomic E-state index is 11.9. The minimum Gasteiger partial charge on any atom is -0.455 e. The van der Waals surface area contributed by atoms with Gasteiger partial charge in [0, 0.05) is 5.57 Å². The van der Waals surface area contributed by atoms with Crippen molar-refractivity contribution in [3.8, 4) is 0 Å². The van der Waals surface area contributed by atoms with E-state index >= 15 is 0 Å². The van der Waals surface area contributed by atoms with Crippen molar-refractivity contribution in [2.24, 2.45) is 17.8 Å². The van der Waals surface area contributed by atoms with Crippen molar-refractivity contribution >= 4 is 5.97 Å². The quantitative estimate of drug-likeness (QED) is 0.557. The first-order chi connectivity index (χ1) is 8.47. The summed E-state index contributed by atoms with van der Waals surface area (Å²) in [6, 6.07) is 0. The fourth-order valence-electron chi connectivity index (χ4n) is 4.01. The monoisotopic (exact) mass is 250 g/mol. The molecule has 18 heavy (non-hydrogen) atoms. The highest BCUT2D eigenvalue weighted by molar-refractivity contribution is 5.87. The zero-order valence-electron chi connectivity index (χ0n) is 12.0. The third-order valence-electron chi connectivity index (χ3n) is 5.00. The summed E-state index contributed by atoms with van der Waals surface area (Å²) in [6.45, 7) is 9.94. The lowest BCUT2D eigenvalue weighted by molar-refractivity contribution is -0.173. The summed E-state index contributed by atoms with van der Waals surface area (Å²) in [6.07, 6.45) is 7.04. The molecule has 2 aliphatic rings. The fourth-order valence-corrected chi connectivity index (χ4v) is 4.01. The molecule has 0 aromatic carbocycles. The van der Waals surface area contributed by atoms with E-state index in [0.29, 0.717) is 11.5 Å². The van der Waals surface area contributed by atoms with E-state index in [4.69, 9.17) is 4.74 Å². The number of hydrogen-bond donors (Lipinski definition) is 0. The van der Waals surface area contributed by atoms with E-state index in [9.17, 15) is 4.79 Å². The second-order valence-corrected chi connectivity index (χ2v) is 6.50. The highest BCUT2D eigenvalue weighted by atomic mass is 16.6. The van der Waals surface area contributed by atoms with Gasteiger partial charge >= 0.3 is 5.97 Å². The molecule has 102 valence electrons. The molecule has 2 fully saturated rings. The molecule has 2 rings (SSSR count). The molecule has 0 aromatic heterocycles. The number of ether oxygens (including phenoxy) is 1. The van der Waals surface area contributed by atoms with Gasteiger partial charge in [-0.25, -0.2) is 4.79 Å². The SMILES string of the molecule is C=C(C)C(=O)OC1(CC)CCC2CC(C)CC1C2. The van der Waals surface area contributed by atoms with Crippen LogP contribution in [0, 0.1) is 17.8 Å². The van der Waals surface area contributed by atoms with Gasteiger partial charge in [0.2, 0.25) is 0 Å². The van der Waals surface area contributed by atoms with Crippen LogP contribution in [-0.2, 0) is 9.53 Å². The second-order valence-electron chi connectivity index (χ2n) is 6.50. The Kier molecular flexibility index (Phi) is 3.84. The van der Waals surface area contributed by atoms with Gasteiger partial charge < -0.3 is 4.74 Å². The Morgan fingerprint density at radius 2 is 2.11 bits per heavy atom. The van der Waals surface area contributed by atoms with Crippen LogP contribution in [0.2, 0.25) is 0 Å². The van der Waals surface area contributed by atoms with Gasteiger partial charge in [-0.15, -0.1) is 0 Å². The zero-order valence-corrected chi connectivity index (χ0v) is 12.0. The average Bonchev–Trinajstić information content (AvgIpc) is 2.32. The predicted molar refractivity (Wildman–Crippen MR) is 73.2 cm³/mol. The lowest BCUT2D eigenvalue weighted by Crippen LogP contribution is -2.49. The minimum atomic E-state index is -0.207. The number of hydrogen-bond acceptors (Lipinski definition) is 2. The summed E-state index contributed by atoms with van der Waals surface area (Å²) in [7, 11) is 0. The number of rotatable bonds is 3. The summed E-state index contributed by atoms with van der Waals surface area (Å²) >= 11 is 0. The van der Waals surface area contributed by atoms with Crippen molar-refractivity contribution in [3.63, 3.8) is 0 Å². The summed E-state index contributed by atoms with van der Waals surface area (Å²) in [5.41, 5.74) is 0.315. The predicted octanol–water partition coefficient (Wildman–Crippen LogP) is 4.10. The number of esters is 1. The molecule has 0 saturated heterocycles. The molecule has 2 bridgehead atoms. The number of carbonyl (C=O) groups is 1. The summed E-state index contributed by atoms with van der Waals surface area (Å²) in [5.74, 6) is 2.01. The highest BCUT2D eigenvalue weighted by Crippen LogP contribution is 2.50. The van der Waals surface area contributed by atoms with E-state index in [-0.39, 0.29) is 11.6 Å². The van der Waals surface area contributed by atoms with Crippen molar-refractivity contribution in [2.75, 3.05) is 0 Å². The zero-order chi connectivity index (χ0) is 13.3. The molecular weight excluding hydrogens is 224 g/mol. The molecule has 0 aliphatic heterocycles. The standard InChI is InChI=1S/C16H26O2/c1-5-16(18-15(17)11(2)3)7-6-13-8-12(4)9-14(16)10-13/h12-14H,2,5-10H2,1,3-4H3. The third-order valence-corrected chi connectivity index (χ3v) is 5.00. The van der Waals surface area contributed by atoms with Gasteiger partial charge in [-0.1, -0.05) is 20.4 Å². The lowest BCUT2D eigenvalue weighted by atomic mass is 9.61. The Labute approximate surface area is 111 Å². The first-order valence-electron chi connectivity index (χ1n) is 7.35. The Bertz CT molecular complexity index is 345. The average molecular weight is 250 g/mol. The molecule has 0 radical (unpaired) electrons. The third kappa shape index (κ3) is 2.48. The highest BCUT2D eigenvalue weighted by Gasteiger charge is 2.48. The van der Waals surface area contributed by atoms with Crippen molar-refractivity contribution in [1.29, 1.82) is 0 Å². The van der Waals surface area contributed by atoms with Crippen LogP contribution in [0.15, 0.2) is 12.2 Å². The van der Waals surface area contributed by atoms with Crippen molar-refractivity contribution in [2.45, 2.75) is 64.9 Å². The summed E-state index contributed by atoms with van der Waals surface area (Å²) in [5, 5.41) is 0.